The van der Waals surface area contributed by atoms with E-state index < -0.39 is 0 Å². The number of aliphatic hydroxyl groups is 1. The maximum atomic E-state index is 9.35. The fourth-order valence-electron chi connectivity index (χ4n) is 2.72. The number of ether oxygens (including phenoxy) is 1. The molecule has 0 amide bonds. The van der Waals surface area contributed by atoms with Gasteiger partial charge in [-0.1, -0.05) is 11.2 Å². The van der Waals surface area contributed by atoms with Gasteiger partial charge in [0.05, 0.1) is 18.3 Å². The van der Waals surface area contributed by atoms with E-state index in [1.165, 1.54) is 0 Å². The molecule has 7 nitrogen and oxygen atoms in total. The molecule has 1 atom stereocenters. The van der Waals surface area contributed by atoms with Crippen molar-refractivity contribution in [3.8, 4) is 0 Å². The number of oxime groups is 1. The molecule has 1 aromatic rings. The van der Waals surface area contributed by atoms with Crippen LogP contribution in [-0.4, -0.2) is 57.4 Å². The zero-order chi connectivity index (χ0) is 15.5. The third-order valence-electron chi connectivity index (χ3n) is 3.39. The fraction of sp³-hybridized carbons (Fsp3) is 0.571. The highest BCUT2D eigenvalue weighted by atomic mass is 16.5. The van der Waals surface area contributed by atoms with Crippen molar-refractivity contribution in [2.45, 2.75) is 32.1 Å². The van der Waals surface area contributed by atoms with Gasteiger partial charge in [0.25, 0.3) is 0 Å². The Morgan fingerprint density at radius 1 is 1.62 bits per heavy atom. The van der Waals surface area contributed by atoms with Gasteiger partial charge in [-0.2, -0.15) is 0 Å². The summed E-state index contributed by atoms with van der Waals surface area (Å²) < 4.78 is 5.79. The molecule has 0 spiro atoms. The molecule has 1 unspecified atom stereocenters. The Bertz CT molecular complexity index is 519. The van der Waals surface area contributed by atoms with E-state index in [2.05, 4.69) is 15.0 Å². The second-order valence-corrected chi connectivity index (χ2v) is 5.85. The molecule has 0 aromatic carbocycles. The van der Waals surface area contributed by atoms with Crippen molar-refractivity contribution in [2.75, 3.05) is 19.7 Å². The maximum absolute atomic E-state index is 9.35. The van der Waals surface area contributed by atoms with E-state index in [9.17, 15) is 5.11 Å². The minimum atomic E-state index is -0.329. The van der Waals surface area contributed by atoms with Crippen LogP contribution in [-0.2, 0) is 11.3 Å². The second-order valence-electron chi connectivity index (χ2n) is 5.85. The zero-order valence-corrected chi connectivity index (χ0v) is 12.4. The van der Waals surface area contributed by atoms with E-state index in [0.29, 0.717) is 18.8 Å². The van der Waals surface area contributed by atoms with Gasteiger partial charge in [-0.15, -0.1) is 0 Å². The smallest absolute Gasteiger partial charge is 0.189 e. The van der Waals surface area contributed by atoms with Crippen molar-refractivity contribution in [3.63, 3.8) is 0 Å². The van der Waals surface area contributed by atoms with Gasteiger partial charge in [-0.25, -0.2) is 0 Å². The topological polar surface area (TPSA) is 104 Å². The minimum Gasteiger partial charge on any atom is -0.409 e. The van der Waals surface area contributed by atoms with Crippen LogP contribution in [0.2, 0.25) is 0 Å². The van der Waals surface area contributed by atoms with Gasteiger partial charge < -0.3 is 20.8 Å². The summed E-state index contributed by atoms with van der Waals surface area (Å²) in [7, 11) is 0. The Balaban J connectivity index is 2.18. The predicted octanol–water partition coefficient (Wildman–Crippen LogP) is 0.148. The highest BCUT2D eigenvalue weighted by Crippen LogP contribution is 2.22. The summed E-state index contributed by atoms with van der Waals surface area (Å²) >= 11 is 0. The average Bonchev–Trinajstić information content (AvgIpc) is 2.45. The van der Waals surface area contributed by atoms with Crippen molar-refractivity contribution >= 4 is 5.84 Å². The van der Waals surface area contributed by atoms with Crippen molar-refractivity contribution in [3.05, 3.63) is 29.6 Å². The van der Waals surface area contributed by atoms with Crippen LogP contribution in [0.4, 0.5) is 0 Å². The molecule has 7 heteroatoms. The molecule has 2 heterocycles. The highest BCUT2D eigenvalue weighted by molar-refractivity contribution is 5.96. The SMILES string of the molecule is CC1(C)CN(Cc2cccnc2/C(N)=N/O)CC(CO)O1. The summed E-state index contributed by atoms with van der Waals surface area (Å²) in [6.07, 6.45) is 1.40. The number of morpholine rings is 1. The first-order valence-electron chi connectivity index (χ1n) is 6.88. The number of nitrogens with two attached hydrogens (primary N) is 1. The van der Waals surface area contributed by atoms with Crippen molar-refractivity contribution < 1.29 is 15.1 Å². The molecular weight excluding hydrogens is 272 g/mol. The van der Waals surface area contributed by atoms with Crippen LogP contribution in [0, 0.1) is 0 Å². The van der Waals surface area contributed by atoms with Crippen LogP contribution in [0.3, 0.4) is 0 Å². The van der Waals surface area contributed by atoms with E-state index in [-0.39, 0.29) is 24.1 Å². The monoisotopic (exact) mass is 294 g/mol. The van der Waals surface area contributed by atoms with Crippen molar-refractivity contribution in [1.82, 2.24) is 9.88 Å². The molecule has 0 radical (unpaired) electrons. The van der Waals surface area contributed by atoms with Crippen LogP contribution >= 0.6 is 0 Å². The van der Waals surface area contributed by atoms with Crippen LogP contribution < -0.4 is 5.73 Å². The number of hydrogen-bond acceptors (Lipinski definition) is 6. The van der Waals surface area contributed by atoms with Gasteiger partial charge in [0.2, 0.25) is 0 Å². The summed E-state index contributed by atoms with van der Waals surface area (Å²) in [5, 5.41) is 21.2. The van der Waals surface area contributed by atoms with Crippen LogP contribution in [0.25, 0.3) is 0 Å². The molecule has 0 bridgehead atoms. The molecule has 1 aliphatic rings. The predicted molar refractivity (Wildman–Crippen MR) is 78.1 cm³/mol. The first-order chi connectivity index (χ1) is 9.95. The molecule has 0 aliphatic carbocycles. The summed E-state index contributed by atoms with van der Waals surface area (Å²) in [6, 6.07) is 3.72. The number of hydrogen-bond donors (Lipinski definition) is 3. The summed E-state index contributed by atoms with van der Waals surface area (Å²) in [6.45, 7) is 5.94. The average molecular weight is 294 g/mol. The normalized spacial score (nSPS) is 23.2. The first kappa shape index (κ1) is 15.7. The number of rotatable bonds is 4. The Hall–Kier alpha value is -1.70. The first-order valence-corrected chi connectivity index (χ1v) is 6.88. The lowest BCUT2D eigenvalue weighted by Crippen LogP contribution is -2.53. The molecular formula is C14H22N4O3. The van der Waals surface area contributed by atoms with Gasteiger partial charge in [-0.05, 0) is 25.5 Å². The Morgan fingerprint density at radius 2 is 2.38 bits per heavy atom. The third kappa shape index (κ3) is 3.90. The Morgan fingerprint density at radius 3 is 3.05 bits per heavy atom. The van der Waals surface area contributed by atoms with Crippen molar-refractivity contribution in [2.24, 2.45) is 10.9 Å². The third-order valence-corrected chi connectivity index (χ3v) is 3.39. The molecule has 1 aromatic heterocycles. The molecule has 1 fully saturated rings. The number of pyridine rings is 1. The Kier molecular flexibility index (Phi) is 4.76. The summed E-state index contributed by atoms with van der Waals surface area (Å²) in [4.78, 5) is 6.34. The van der Waals surface area contributed by atoms with Crippen LogP contribution in [0.15, 0.2) is 23.5 Å². The lowest BCUT2D eigenvalue weighted by atomic mass is 10.0. The van der Waals surface area contributed by atoms with E-state index >= 15 is 0 Å². The van der Waals surface area contributed by atoms with Gasteiger partial charge in [-0.3, -0.25) is 9.88 Å². The number of aliphatic hydroxyl groups excluding tert-OH is 1. The van der Waals surface area contributed by atoms with Gasteiger partial charge >= 0.3 is 0 Å². The quantitative estimate of drug-likeness (QED) is 0.316. The van der Waals surface area contributed by atoms with Crippen molar-refractivity contribution in [1.29, 1.82) is 0 Å². The largest absolute Gasteiger partial charge is 0.409 e. The standard InChI is InChI=1S/C14H22N4O3/c1-14(2)9-18(7-11(8-19)21-14)6-10-4-3-5-16-12(10)13(15)17-20/h3-5,11,19-20H,6-9H2,1-2H3,(H2,15,17). The van der Waals surface area contributed by atoms with E-state index in [4.69, 9.17) is 15.7 Å². The van der Waals surface area contributed by atoms with E-state index in [1.807, 2.05) is 26.0 Å². The lowest BCUT2D eigenvalue weighted by Gasteiger charge is -2.42. The molecule has 0 saturated carbocycles. The summed E-state index contributed by atoms with van der Waals surface area (Å²) in [5.74, 6) is -0.00294. The fourth-order valence-corrected chi connectivity index (χ4v) is 2.72. The number of nitrogens with zero attached hydrogens (tertiary/aromatic N) is 3. The number of amidine groups is 1. The lowest BCUT2D eigenvalue weighted by molar-refractivity contribution is -0.150. The molecule has 4 N–H and O–H groups in total. The highest BCUT2D eigenvalue weighted by Gasteiger charge is 2.33. The molecule has 1 saturated heterocycles. The van der Waals surface area contributed by atoms with E-state index in [1.54, 1.807) is 6.20 Å². The van der Waals surface area contributed by atoms with E-state index in [0.717, 1.165) is 12.1 Å². The van der Waals surface area contributed by atoms with Crippen LogP contribution in [0.5, 0.6) is 0 Å². The summed E-state index contributed by atoms with van der Waals surface area (Å²) in [5.41, 5.74) is 6.69. The van der Waals surface area contributed by atoms with Gasteiger partial charge in [0, 0.05) is 25.8 Å². The zero-order valence-electron chi connectivity index (χ0n) is 12.4. The number of aromatic nitrogens is 1. The molecule has 1 aliphatic heterocycles. The molecule has 116 valence electrons. The van der Waals surface area contributed by atoms with Gasteiger partial charge in [0.1, 0.15) is 5.69 Å². The minimum absolute atomic E-state index is 0.00294. The van der Waals surface area contributed by atoms with Crippen LogP contribution in [0.1, 0.15) is 25.1 Å². The molecule has 21 heavy (non-hydrogen) atoms. The second kappa shape index (κ2) is 6.38. The van der Waals surface area contributed by atoms with Gasteiger partial charge in [0.15, 0.2) is 5.84 Å². The Labute approximate surface area is 124 Å². The molecule has 2 rings (SSSR count). The maximum Gasteiger partial charge on any atom is 0.189 e.